The van der Waals surface area contributed by atoms with Crippen molar-refractivity contribution in [3.05, 3.63) is 23.0 Å². The van der Waals surface area contributed by atoms with Crippen LogP contribution < -0.4 is 5.73 Å². The molecule has 1 saturated carbocycles. The number of rotatable bonds is 1. The predicted octanol–water partition coefficient (Wildman–Crippen LogP) is 4.48. The largest absolute Gasteiger partial charge is 0.397 e. The van der Waals surface area contributed by atoms with E-state index < -0.39 is 0 Å². The smallest absolute Gasteiger partial charge is 0.112 e. The highest BCUT2D eigenvalue weighted by atomic mass is 35.5. The average Bonchev–Trinajstić information content (AvgIpc) is 2.72. The molecule has 3 N–H and O–H groups in total. The van der Waals surface area contributed by atoms with Crippen LogP contribution in [0.25, 0.3) is 11.0 Å². The molecule has 0 aliphatic heterocycles. The van der Waals surface area contributed by atoms with E-state index in [0.29, 0.717) is 22.0 Å². The highest BCUT2D eigenvalue weighted by Gasteiger charge is 2.35. The molecule has 1 atom stereocenters. The van der Waals surface area contributed by atoms with Crippen molar-refractivity contribution in [3.8, 4) is 0 Å². The zero-order valence-electron chi connectivity index (χ0n) is 11.5. The molecular weight excluding hydrogens is 258 g/mol. The van der Waals surface area contributed by atoms with E-state index in [-0.39, 0.29) is 0 Å². The van der Waals surface area contributed by atoms with Crippen LogP contribution in [0.1, 0.15) is 51.3 Å². The van der Waals surface area contributed by atoms with Gasteiger partial charge in [-0.15, -0.1) is 0 Å². The Balaban J connectivity index is 2.08. The van der Waals surface area contributed by atoms with Crippen molar-refractivity contribution < 1.29 is 0 Å². The Labute approximate surface area is 118 Å². The zero-order chi connectivity index (χ0) is 13.6. The Hall–Kier alpha value is -1.22. The van der Waals surface area contributed by atoms with E-state index in [1.165, 1.54) is 25.7 Å². The van der Waals surface area contributed by atoms with Crippen molar-refractivity contribution in [3.63, 3.8) is 0 Å². The van der Waals surface area contributed by atoms with Crippen LogP contribution >= 0.6 is 11.6 Å². The molecule has 0 amide bonds. The third-order valence-electron chi connectivity index (χ3n) is 4.44. The van der Waals surface area contributed by atoms with Gasteiger partial charge < -0.3 is 10.7 Å². The lowest BCUT2D eigenvalue weighted by molar-refractivity contribution is 0.193. The van der Waals surface area contributed by atoms with Gasteiger partial charge in [0.25, 0.3) is 0 Å². The van der Waals surface area contributed by atoms with Gasteiger partial charge in [-0.3, -0.25) is 0 Å². The molecule has 1 aromatic heterocycles. The number of imidazole rings is 1. The minimum atomic E-state index is 0.296. The molecule has 3 nitrogen and oxygen atoms in total. The fourth-order valence-electron chi connectivity index (χ4n) is 3.29. The first-order valence-electron chi connectivity index (χ1n) is 6.92. The second-order valence-corrected chi connectivity index (χ2v) is 6.74. The van der Waals surface area contributed by atoms with Crippen molar-refractivity contribution in [2.45, 2.75) is 45.4 Å². The summed E-state index contributed by atoms with van der Waals surface area (Å²) in [6, 6.07) is 3.67. The lowest BCUT2D eigenvalue weighted by Gasteiger charge is -2.37. The van der Waals surface area contributed by atoms with Gasteiger partial charge in [0.15, 0.2) is 0 Å². The van der Waals surface area contributed by atoms with Gasteiger partial charge in [0, 0.05) is 10.9 Å². The van der Waals surface area contributed by atoms with Crippen LogP contribution in [0.3, 0.4) is 0 Å². The maximum atomic E-state index is 6.05. The Morgan fingerprint density at radius 1 is 1.37 bits per heavy atom. The first kappa shape index (κ1) is 12.8. The van der Waals surface area contributed by atoms with E-state index in [4.69, 9.17) is 22.3 Å². The average molecular weight is 278 g/mol. The quantitative estimate of drug-likeness (QED) is 0.755. The second kappa shape index (κ2) is 4.41. The third-order valence-corrected chi connectivity index (χ3v) is 4.65. The van der Waals surface area contributed by atoms with Gasteiger partial charge >= 0.3 is 0 Å². The number of halogens is 1. The van der Waals surface area contributed by atoms with Crippen LogP contribution in [0, 0.1) is 5.41 Å². The monoisotopic (exact) mass is 277 g/mol. The summed E-state index contributed by atoms with van der Waals surface area (Å²) in [4.78, 5) is 8.16. The first-order chi connectivity index (χ1) is 8.97. The van der Waals surface area contributed by atoms with Crippen LogP contribution in [0.15, 0.2) is 12.1 Å². The number of aromatic nitrogens is 2. The number of fused-ring (bicyclic) bond motifs is 1. The number of nitrogen functional groups attached to an aromatic ring is 1. The molecule has 1 heterocycles. The third kappa shape index (κ3) is 2.20. The molecule has 2 aromatic rings. The number of nitrogens with two attached hydrogens (primary N) is 1. The molecule has 0 radical (unpaired) electrons. The standard InChI is InChI=1S/C15H20ClN3/c1-15(2)6-4-3-5-10(15)14-18-12-8-9(16)7-11(17)13(12)19-14/h7-8,10H,3-6,17H2,1-2H3,(H,18,19). The maximum absolute atomic E-state index is 6.05. The molecule has 4 heteroatoms. The molecule has 1 fully saturated rings. The number of hydrogen-bond donors (Lipinski definition) is 2. The van der Waals surface area contributed by atoms with E-state index in [1.807, 2.05) is 6.07 Å². The summed E-state index contributed by atoms with van der Waals surface area (Å²) in [6.45, 7) is 4.67. The lowest BCUT2D eigenvalue weighted by atomic mass is 9.68. The van der Waals surface area contributed by atoms with E-state index in [9.17, 15) is 0 Å². The zero-order valence-corrected chi connectivity index (χ0v) is 12.2. The van der Waals surface area contributed by atoms with Gasteiger partial charge in [-0.2, -0.15) is 0 Å². The van der Waals surface area contributed by atoms with E-state index in [0.717, 1.165) is 16.9 Å². The Kier molecular flexibility index (Phi) is 2.97. The van der Waals surface area contributed by atoms with Gasteiger partial charge in [-0.1, -0.05) is 38.3 Å². The van der Waals surface area contributed by atoms with Gasteiger partial charge in [-0.25, -0.2) is 4.98 Å². The van der Waals surface area contributed by atoms with Crippen molar-refractivity contribution in [1.29, 1.82) is 0 Å². The summed E-state index contributed by atoms with van der Waals surface area (Å²) in [7, 11) is 0. The van der Waals surface area contributed by atoms with Crippen LogP contribution in [0.5, 0.6) is 0 Å². The SMILES string of the molecule is CC1(C)CCCCC1c1nc2c(N)cc(Cl)cc2[nH]1. The minimum Gasteiger partial charge on any atom is -0.397 e. The minimum absolute atomic E-state index is 0.296. The van der Waals surface area contributed by atoms with E-state index in [2.05, 4.69) is 18.8 Å². The van der Waals surface area contributed by atoms with Crippen molar-refractivity contribution in [1.82, 2.24) is 9.97 Å². The van der Waals surface area contributed by atoms with Crippen LogP contribution in [0.2, 0.25) is 5.02 Å². The molecular formula is C15H20ClN3. The number of benzene rings is 1. The van der Waals surface area contributed by atoms with Crippen molar-refractivity contribution in [2.75, 3.05) is 5.73 Å². The fourth-order valence-corrected chi connectivity index (χ4v) is 3.52. The van der Waals surface area contributed by atoms with Gasteiger partial charge in [-0.05, 0) is 30.4 Å². The summed E-state index contributed by atoms with van der Waals surface area (Å²) >= 11 is 6.05. The number of anilines is 1. The number of nitrogens with one attached hydrogen (secondary N) is 1. The van der Waals surface area contributed by atoms with Gasteiger partial charge in [0.2, 0.25) is 0 Å². The molecule has 0 saturated heterocycles. The fraction of sp³-hybridized carbons (Fsp3) is 0.533. The lowest BCUT2D eigenvalue weighted by Crippen LogP contribution is -2.26. The molecule has 102 valence electrons. The molecule has 1 aliphatic carbocycles. The van der Waals surface area contributed by atoms with Crippen LogP contribution in [0.4, 0.5) is 5.69 Å². The predicted molar refractivity (Wildman–Crippen MR) is 80.5 cm³/mol. The molecule has 0 spiro atoms. The van der Waals surface area contributed by atoms with E-state index in [1.54, 1.807) is 6.07 Å². The maximum Gasteiger partial charge on any atom is 0.112 e. The van der Waals surface area contributed by atoms with Crippen molar-refractivity contribution in [2.24, 2.45) is 5.41 Å². The molecule has 3 rings (SSSR count). The summed E-state index contributed by atoms with van der Waals surface area (Å²) < 4.78 is 0. The second-order valence-electron chi connectivity index (χ2n) is 6.30. The number of aromatic amines is 1. The highest BCUT2D eigenvalue weighted by Crippen LogP contribution is 2.46. The van der Waals surface area contributed by atoms with Gasteiger partial charge in [0.05, 0.1) is 11.2 Å². The Morgan fingerprint density at radius 3 is 2.89 bits per heavy atom. The summed E-state index contributed by atoms with van der Waals surface area (Å²) in [6.07, 6.45) is 5.05. The molecule has 0 bridgehead atoms. The number of nitrogens with zero attached hydrogens (tertiary/aromatic N) is 1. The van der Waals surface area contributed by atoms with Gasteiger partial charge in [0.1, 0.15) is 11.3 Å². The number of H-pyrrole nitrogens is 1. The Bertz CT molecular complexity index is 615. The summed E-state index contributed by atoms with van der Waals surface area (Å²) in [5, 5.41) is 0.656. The van der Waals surface area contributed by atoms with E-state index >= 15 is 0 Å². The number of hydrogen-bond acceptors (Lipinski definition) is 2. The molecule has 1 unspecified atom stereocenters. The summed E-state index contributed by atoms with van der Waals surface area (Å²) in [5.41, 5.74) is 8.74. The summed E-state index contributed by atoms with van der Waals surface area (Å²) in [5.74, 6) is 1.54. The molecule has 1 aliphatic rings. The Morgan fingerprint density at radius 2 is 2.16 bits per heavy atom. The molecule has 19 heavy (non-hydrogen) atoms. The highest BCUT2D eigenvalue weighted by molar-refractivity contribution is 6.31. The normalized spacial score (nSPS) is 22.8. The van der Waals surface area contributed by atoms with Crippen LogP contribution in [-0.4, -0.2) is 9.97 Å². The first-order valence-corrected chi connectivity index (χ1v) is 7.30. The molecule has 1 aromatic carbocycles. The van der Waals surface area contributed by atoms with Crippen LogP contribution in [-0.2, 0) is 0 Å². The van der Waals surface area contributed by atoms with Crippen molar-refractivity contribution >= 4 is 28.3 Å². The topological polar surface area (TPSA) is 54.7 Å².